The average Bonchev–Trinajstić information content (AvgIpc) is 2.91. The molecule has 1 fully saturated rings. The Hall–Kier alpha value is -3.11. The molecule has 0 saturated carbocycles. The first-order chi connectivity index (χ1) is 17.9. The van der Waals surface area contributed by atoms with Crippen molar-refractivity contribution in [2.24, 2.45) is 5.92 Å². The van der Waals surface area contributed by atoms with Gasteiger partial charge < -0.3 is 10.4 Å². The summed E-state index contributed by atoms with van der Waals surface area (Å²) in [6.45, 7) is 10.1. The lowest BCUT2D eigenvalue weighted by Gasteiger charge is -2.54. The minimum absolute atomic E-state index is 0.0160. The Labute approximate surface area is 221 Å². The maximum atomic E-state index is 13.1. The van der Waals surface area contributed by atoms with Gasteiger partial charge in [0.1, 0.15) is 5.75 Å². The van der Waals surface area contributed by atoms with Gasteiger partial charge in [-0.1, -0.05) is 69.7 Å². The summed E-state index contributed by atoms with van der Waals surface area (Å²) in [7, 11) is 0. The Morgan fingerprint density at radius 2 is 1.76 bits per heavy atom. The van der Waals surface area contributed by atoms with Crippen molar-refractivity contribution in [1.82, 2.24) is 10.2 Å². The van der Waals surface area contributed by atoms with Gasteiger partial charge in [0.15, 0.2) is 0 Å². The summed E-state index contributed by atoms with van der Waals surface area (Å²) >= 11 is 0. The number of carbonyl (C=O) groups excluding carboxylic acids is 1. The van der Waals surface area contributed by atoms with Crippen molar-refractivity contribution in [3.63, 3.8) is 0 Å². The summed E-state index contributed by atoms with van der Waals surface area (Å²) in [5, 5.41) is 12.6. The van der Waals surface area contributed by atoms with Gasteiger partial charge in [-0.25, -0.2) is 0 Å². The maximum Gasteiger partial charge on any atom is 0.251 e. The van der Waals surface area contributed by atoms with E-state index in [4.69, 9.17) is 0 Å². The number of carbonyl (C=O) groups is 1. The van der Waals surface area contributed by atoms with Gasteiger partial charge in [0, 0.05) is 18.2 Å². The number of nitrogens with one attached hydrogen (secondary N) is 1. The fraction of sp³-hybridized carbons (Fsp3) is 0.424. The number of benzene rings is 3. The summed E-state index contributed by atoms with van der Waals surface area (Å²) in [5.41, 5.74) is 7.11. The summed E-state index contributed by atoms with van der Waals surface area (Å²) in [6.07, 6.45) is 5.56. The van der Waals surface area contributed by atoms with Gasteiger partial charge in [0.25, 0.3) is 5.91 Å². The number of aromatic hydroxyl groups is 1. The molecule has 1 aliphatic heterocycles. The Bertz CT molecular complexity index is 1230. The SMILES string of the molecule is CCCCN1CCC2(C)c3cc(C(=O)NCCc4ccc(-c5ccc(O)cc5)cc4)ccc3CC1C2C. The zero-order valence-electron chi connectivity index (χ0n) is 22.5. The van der Waals surface area contributed by atoms with E-state index in [2.05, 4.69) is 67.4 Å². The number of piperidine rings is 1. The molecule has 1 amide bonds. The van der Waals surface area contributed by atoms with Crippen LogP contribution in [0.2, 0.25) is 0 Å². The molecule has 4 heteroatoms. The van der Waals surface area contributed by atoms with Crippen LogP contribution in [0.4, 0.5) is 0 Å². The van der Waals surface area contributed by atoms with E-state index < -0.39 is 0 Å². The summed E-state index contributed by atoms with van der Waals surface area (Å²) in [4.78, 5) is 15.8. The molecular formula is C33H40N2O2. The highest BCUT2D eigenvalue weighted by atomic mass is 16.3. The van der Waals surface area contributed by atoms with Crippen molar-refractivity contribution in [3.05, 3.63) is 89.0 Å². The Balaban J connectivity index is 1.21. The second kappa shape index (κ2) is 10.7. The Morgan fingerprint density at radius 3 is 2.46 bits per heavy atom. The highest BCUT2D eigenvalue weighted by molar-refractivity contribution is 5.94. The zero-order valence-corrected chi connectivity index (χ0v) is 22.5. The molecule has 3 aromatic rings. The highest BCUT2D eigenvalue weighted by Gasteiger charge is 2.48. The number of phenols is 1. The van der Waals surface area contributed by atoms with Crippen molar-refractivity contribution in [1.29, 1.82) is 0 Å². The lowest BCUT2D eigenvalue weighted by molar-refractivity contribution is 0.0307. The first-order valence-corrected chi connectivity index (χ1v) is 13.9. The molecule has 37 heavy (non-hydrogen) atoms. The number of phenolic OH excluding ortho intramolecular Hbond substituents is 1. The van der Waals surface area contributed by atoms with Crippen LogP contribution in [-0.2, 0) is 18.3 Å². The van der Waals surface area contributed by atoms with E-state index in [1.807, 2.05) is 18.2 Å². The number of likely N-dealkylation sites (tertiary alicyclic amines) is 1. The smallest absolute Gasteiger partial charge is 0.251 e. The van der Waals surface area contributed by atoms with Gasteiger partial charge in [-0.2, -0.15) is 0 Å². The standard InChI is InChI=1S/C33H40N2O2/c1-4-5-19-35-20-17-33(3)23(2)31(35)22-27-10-11-28(21-30(27)33)32(37)34-18-16-24-6-8-25(9-7-24)26-12-14-29(36)15-13-26/h6-15,21,23,31,36H,4-5,16-20,22H2,1-3H3,(H,34,37). The maximum absolute atomic E-state index is 13.1. The quantitative estimate of drug-likeness (QED) is 0.382. The molecule has 3 unspecified atom stereocenters. The number of fused-ring (bicyclic) bond motifs is 4. The molecule has 1 saturated heterocycles. The number of amides is 1. The molecule has 3 aromatic carbocycles. The van der Waals surface area contributed by atoms with Crippen LogP contribution in [0, 0.1) is 5.92 Å². The van der Waals surface area contributed by atoms with Crippen LogP contribution in [0.25, 0.3) is 11.1 Å². The lowest BCUT2D eigenvalue weighted by atomic mass is 9.59. The van der Waals surface area contributed by atoms with Gasteiger partial charge in [-0.3, -0.25) is 9.69 Å². The van der Waals surface area contributed by atoms with Crippen molar-refractivity contribution in [2.45, 2.75) is 64.3 Å². The van der Waals surface area contributed by atoms with Gasteiger partial charge in [-0.15, -0.1) is 0 Å². The summed E-state index contributed by atoms with van der Waals surface area (Å²) < 4.78 is 0. The van der Waals surface area contributed by atoms with Crippen molar-refractivity contribution >= 4 is 5.91 Å². The predicted octanol–water partition coefficient (Wildman–Crippen LogP) is 6.36. The average molecular weight is 497 g/mol. The van der Waals surface area contributed by atoms with E-state index in [9.17, 15) is 9.90 Å². The number of hydrogen-bond donors (Lipinski definition) is 2. The number of nitrogens with zero attached hydrogens (tertiary/aromatic N) is 1. The van der Waals surface area contributed by atoms with E-state index in [0.29, 0.717) is 18.5 Å². The van der Waals surface area contributed by atoms with E-state index in [1.54, 1.807) is 12.1 Å². The molecule has 4 nitrogen and oxygen atoms in total. The Morgan fingerprint density at radius 1 is 1.05 bits per heavy atom. The predicted molar refractivity (Wildman–Crippen MR) is 151 cm³/mol. The molecule has 5 rings (SSSR count). The third-order valence-electron chi connectivity index (χ3n) is 9.04. The monoisotopic (exact) mass is 496 g/mol. The zero-order chi connectivity index (χ0) is 26.0. The number of hydrogen-bond acceptors (Lipinski definition) is 3. The molecule has 0 radical (unpaired) electrons. The van der Waals surface area contributed by atoms with Gasteiger partial charge >= 0.3 is 0 Å². The molecule has 1 heterocycles. The second-order valence-corrected chi connectivity index (χ2v) is 11.2. The van der Waals surface area contributed by atoms with E-state index in [1.165, 1.54) is 36.1 Å². The largest absolute Gasteiger partial charge is 0.508 e. The molecule has 194 valence electrons. The first kappa shape index (κ1) is 25.5. The molecule has 1 aliphatic carbocycles. The van der Waals surface area contributed by atoms with Crippen LogP contribution in [0.1, 0.15) is 67.1 Å². The summed E-state index contributed by atoms with van der Waals surface area (Å²) in [6, 6.07) is 22.7. The van der Waals surface area contributed by atoms with Crippen molar-refractivity contribution in [3.8, 4) is 16.9 Å². The van der Waals surface area contributed by atoms with Crippen LogP contribution in [-0.4, -0.2) is 41.6 Å². The number of rotatable bonds is 8. The van der Waals surface area contributed by atoms with E-state index >= 15 is 0 Å². The van der Waals surface area contributed by atoms with E-state index in [0.717, 1.165) is 42.5 Å². The lowest BCUT2D eigenvalue weighted by Crippen LogP contribution is -2.58. The van der Waals surface area contributed by atoms with Crippen LogP contribution in [0.15, 0.2) is 66.7 Å². The third-order valence-corrected chi connectivity index (χ3v) is 9.04. The molecule has 3 atom stereocenters. The topological polar surface area (TPSA) is 52.6 Å². The minimum atomic E-state index is 0.0160. The van der Waals surface area contributed by atoms with E-state index in [-0.39, 0.29) is 17.1 Å². The van der Waals surface area contributed by atoms with Gasteiger partial charge in [0.05, 0.1) is 0 Å². The second-order valence-electron chi connectivity index (χ2n) is 11.2. The molecule has 0 spiro atoms. The van der Waals surface area contributed by atoms with Crippen molar-refractivity contribution < 1.29 is 9.90 Å². The molecule has 2 bridgehead atoms. The molecule has 0 aromatic heterocycles. The fourth-order valence-corrected chi connectivity index (χ4v) is 6.43. The van der Waals surface area contributed by atoms with Crippen LogP contribution >= 0.6 is 0 Å². The van der Waals surface area contributed by atoms with Crippen molar-refractivity contribution in [2.75, 3.05) is 19.6 Å². The van der Waals surface area contributed by atoms with Gasteiger partial charge in [-0.05, 0) is 102 Å². The molecule has 2 aliphatic rings. The Kier molecular flexibility index (Phi) is 7.39. The molecule has 2 N–H and O–H groups in total. The highest BCUT2D eigenvalue weighted by Crippen LogP contribution is 2.48. The fourth-order valence-electron chi connectivity index (χ4n) is 6.43. The molecular weight excluding hydrogens is 456 g/mol. The van der Waals surface area contributed by atoms with Gasteiger partial charge in [0.2, 0.25) is 0 Å². The number of unbranched alkanes of at least 4 members (excludes halogenated alkanes) is 1. The van der Waals surface area contributed by atoms with Crippen LogP contribution < -0.4 is 5.32 Å². The first-order valence-electron chi connectivity index (χ1n) is 13.9. The summed E-state index contributed by atoms with van der Waals surface area (Å²) in [5.74, 6) is 0.881. The normalized spacial score (nSPS) is 22.9. The minimum Gasteiger partial charge on any atom is -0.508 e. The van der Waals surface area contributed by atoms with Crippen LogP contribution in [0.5, 0.6) is 5.75 Å². The van der Waals surface area contributed by atoms with Crippen LogP contribution in [0.3, 0.4) is 0 Å². The third kappa shape index (κ3) is 5.17.